The Labute approximate surface area is 215 Å². The van der Waals surface area contributed by atoms with E-state index in [1.54, 1.807) is 12.1 Å². The number of hydrogen-bond donors (Lipinski definition) is 2. The number of anilines is 1. The maximum Gasteiger partial charge on any atom is 0.305 e. The van der Waals surface area contributed by atoms with Gasteiger partial charge in [0.25, 0.3) is 0 Å². The molecule has 9 heteroatoms. The molecule has 0 radical (unpaired) electrons. The lowest BCUT2D eigenvalue weighted by Crippen LogP contribution is -2.25. The Morgan fingerprint density at radius 2 is 1.42 bits per heavy atom. The number of unbranched alkanes of at least 4 members (excludes halogenated alkanes) is 6. The predicted octanol–water partition coefficient (Wildman–Crippen LogP) is 4.37. The van der Waals surface area contributed by atoms with Crippen molar-refractivity contribution in [2.75, 3.05) is 39.2 Å². The lowest BCUT2D eigenvalue weighted by molar-refractivity contribution is -0.140. The summed E-state index contributed by atoms with van der Waals surface area (Å²) in [4.78, 5) is 25.2. The molecule has 36 heavy (non-hydrogen) atoms. The molecule has 0 bridgehead atoms. The average Bonchev–Trinajstić information content (AvgIpc) is 2.86. The normalized spacial score (nSPS) is 11.4. The topological polar surface area (TPSA) is 105 Å². The van der Waals surface area contributed by atoms with Gasteiger partial charge in [0.2, 0.25) is 15.9 Å². The summed E-state index contributed by atoms with van der Waals surface area (Å²) >= 11 is 0. The molecule has 2 aromatic carbocycles. The molecule has 0 spiro atoms. The van der Waals surface area contributed by atoms with Crippen LogP contribution in [0, 0.1) is 0 Å². The van der Waals surface area contributed by atoms with Crippen LogP contribution < -0.4 is 14.9 Å². The van der Waals surface area contributed by atoms with Crippen molar-refractivity contribution >= 4 is 38.4 Å². The van der Waals surface area contributed by atoms with Gasteiger partial charge >= 0.3 is 5.97 Å². The lowest BCUT2D eigenvalue weighted by Gasteiger charge is -2.17. The second-order valence-corrected chi connectivity index (χ2v) is 10.9. The predicted molar refractivity (Wildman–Crippen MR) is 145 cm³/mol. The van der Waals surface area contributed by atoms with Crippen LogP contribution in [0.3, 0.4) is 0 Å². The van der Waals surface area contributed by atoms with E-state index in [2.05, 4.69) is 14.8 Å². The van der Waals surface area contributed by atoms with Crippen LogP contribution in [0.15, 0.2) is 41.3 Å². The Morgan fingerprint density at radius 3 is 2.11 bits per heavy atom. The highest BCUT2D eigenvalue weighted by Crippen LogP contribution is 2.30. The number of ether oxygens (including phenoxy) is 1. The minimum absolute atomic E-state index is 0.0586. The molecule has 0 aliphatic rings. The zero-order valence-corrected chi connectivity index (χ0v) is 22.7. The van der Waals surface area contributed by atoms with Crippen molar-refractivity contribution < 1.29 is 22.7 Å². The van der Waals surface area contributed by atoms with E-state index >= 15 is 0 Å². The molecule has 0 aliphatic heterocycles. The first-order valence-corrected chi connectivity index (χ1v) is 14.3. The Balaban J connectivity index is 1.61. The van der Waals surface area contributed by atoms with E-state index < -0.39 is 10.0 Å². The highest BCUT2D eigenvalue weighted by molar-refractivity contribution is 7.89. The maximum absolute atomic E-state index is 12.9. The van der Waals surface area contributed by atoms with Crippen LogP contribution in [0.25, 0.3) is 10.8 Å². The van der Waals surface area contributed by atoms with Crippen LogP contribution in [0.2, 0.25) is 0 Å². The molecular weight excluding hydrogens is 478 g/mol. The summed E-state index contributed by atoms with van der Waals surface area (Å²) in [6, 6.07) is 11.1. The number of rotatable bonds is 17. The Morgan fingerprint density at radius 1 is 0.806 bits per heavy atom. The van der Waals surface area contributed by atoms with Gasteiger partial charge < -0.3 is 15.0 Å². The van der Waals surface area contributed by atoms with E-state index in [0.29, 0.717) is 36.2 Å². The zero-order chi connectivity index (χ0) is 26.4. The van der Waals surface area contributed by atoms with E-state index in [-0.39, 0.29) is 11.9 Å². The summed E-state index contributed by atoms with van der Waals surface area (Å²) in [5.74, 6) is -0.128. The van der Waals surface area contributed by atoms with Crippen molar-refractivity contribution in [3.63, 3.8) is 0 Å². The van der Waals surface area contributed by atoms with Gasteiger partial charge in [-0.25, -0.2) is 13.1 Å². The third kappa shape index (κ3) is 9.78. The van der Waals surface area contributed by atoms with Crippen molar-refractivity contribution in [3.05, 3.63) is 36.4 Å². The largest absolute Gasteiger partial charge is 0.469 e. The minimum atomic E-state index is -3.61. The lowest BCUT2D eigenvalue weighted by atomic mass is 10.1. The molecule has 0 heterocycles. The molecule has 0 aliphatic carbocycles. The fraction of sp³-hybridized carbons (Fsp3) is 0.556. The van der Waals surface area contributed by atoms with Crippen LogP contribution in [0.1, 0.15) is 64.2 Å². The van der Waals surface area contributed by atoms with Crippen LogP contribution in [-0.4, -0.2) is 54.6 Å². The number of fused-ring (bicyclic) bond motifs is 1. The zero-order valence-electron chi connectivity index (χ0n) is 21.8. The number of hydrogen-bond acceptors (Lipinski definition) is 6. The third-order valence-electron chi connectivity index (χ3n) is 6.11. The highest BCUT2D eigenvalue weighted by Gasteiger charge is 2.18. The SMILES string of the molecule is COC(=O)CCCCCCC(=O)NCCCCCCNS(=O)(=O)c1cccc2c(N(C)C)cccc12. The quantitative estimate of drug-likeness (QED) is 0.237. The number of amides is 1. The number of benzene rings is 2. The van der Waals surface area contributed by atoms with E-state index in [1.807, 2.05) is 43.3 Å². The summed E-state index contributed by atoms with van der Waals surface area (Å²) in [6.07, 6.45) is 7.83. The van der Waals surface area contributed by atoms with Crippen LogP contribution in [0.4, 0.5) is 5.69 Å². The standard InChI is InChI=1S/C27H41N3O5S/c1-30(2)24-16-12-15-23-22(24)14-13-17-25(23)36(33,34)29-21-11-7-6-10-20-28-26(31)18-8-4-5-9-19-27(32)35-3/h12-17,29H,4-11,18-21H2,1-3H3,(H,28,31). The monoisotopic (exact) mass is 519 g/mol. The van der Waals surface area contributed by atoms with Crippen molar-refractivity contribution in [1.29, 1.82) is 0 Å². The first-order valence-electron chi connectivity index (χ1n) is 12.8. The smallest absolute Gasteiger partial charge is 0.305 e. The van der Waals surface area contributed by atoms with Gasteiger partial charge in [0.05, 0.1) is 12.0 Å². The van der Waals surface area contributed by atoms with Gasteiger partial charge in [-0.05, 0) is 37.8 Å². The Hall–Kier alpha value is -2.65. The van der Waals surface area contributed by atoms with E-state index in [1.165, 1.54) is 7.11 Å². The highest BCUT2D eigenvalue weighted by atomic mass is 32.2. The summed E-state index contributed by atoms with van der Waals surface area (Å²) in [5.41, 5.74) is 0.979. The molecule has 0 saturated carbocycles. The number of nitrogens with zero attached hydrogens (tertiary/aromatic N) is 1. The Bertz CT molecular complexity index is 1090. The number of esters is 1. The van der Waals surface area contributed by atoms with Crippen molar-refractivity contribution in [2.45, 2.75) is 69.1 Å². The summed E-state index contributed by atoms with van der Waals surface area (Å²) in [5, 5.41) is 4.56. The molecule has 2 aromatic rings. The number of sulfonamides is 1. The van der Waals surface area contributed by atoms with E-state index in [4.69, 9.17) is 0 Å². The van der Waals surface area contributed by atoms with Gasteiger partial charge in [-0.3, -0.25) is 9.59 Å². The average molecular weight is 520 g/mol. The molecule has 0 saturated heterocycles. The fourth-order valence-electron chi connectivity index (χ4n) is 4.10. The van der Waals surface area contributed by atoms with Crippen LogP contribution in [0.5, 0.6) is 0 Å². The van der Waals surface area contributed by atoms with Crippen LogP contribution in [-0.2, 0) is 24.3 Å². The van der Waals surface area contributed by atoms with Crippen LogP contribution >= 0.6 is 0 Å². The summed E-state index contributed by atoms with van der Waals surface area (Å²) in [6.45, 7) is 1.02. The van der Waals surface area contributed by atoms with Crippen molar-refractivity contribution in [2.24, 2.45) is 0 Å². The Kier molecular flexibility index (Phi) is 12.7. The first-order chi connectivity index (χ1) is 17.3. The van der Waals surface area contributed by atoms with Gasteiger partial charge in [0.15, 0.2) is 0 Å². The van der Waals surface area contributed by atoms with E-state index in [0.717, 1.165) is 62.4 Å². The molecule has 0 aromatic heterocycles. The molecule has 0 atom stereocenters. The summed E-state index contributed by atoms with van der Waals surface area (Å²) in [7, 11) is 1.67. The van der Waals surface area contributed by atoms with Crippen molar-refractivity contribution in [3.8, 4) is 0 Å². The van der Waals surface area contributed by atoms with Crippen molar-refractivity contribution in [1.82, 2.24) is 10.0 Å². The molecule has 1 amide bonds. The van der Waals surface area contributed by atoms with Gasteiger partial charge in [-0.2, -0.15) is 0 Å². The molecule has 0 fully saturated rings. The van der Waals surface area contributed by atoms with Gasteiger partial charge in [0.1, 0.15) is 0 Å². The second kappa shape index (κ2) is 15.5. The number of carbonyl (C=O) groups is 2. The van der Waals surface area contributed by atoms with Gasteiger partial charge in [-0.1, -0.05) is 49.9 Å². The summed E-state index contributed by atoms with van der Waals surface area (Å²) < 4.78 is 33.2. The molecule has 8 nitrogen and oxygen atoms in total. The molecule has 0 unspecified atom stereocenters. The maximum atomic E-state index is 12.9. The molecule has 2 rings (SSSR count). The minimum Gasteiger partial charge on any atom is -0.469 e. The van der Waals surface area contributed by atoms with Gasteiger partial charge in [-0.15, -0.1) is 0 Å². The molecular formula is C27H41N3O5S. The fourth-order valence-corrected chi connectivity index (χ4v) is 5.40. The number of methoxy groups -OCH3 is 1. The second-order valence-electron chi connectivity index (χ2n) is 9.18. The number of nitrogens with one attached hydrogen (secondary N) is 2. The van der Waals surface area contributed by atoms with E-state index in [9.17, 15) is 18.0 Å². The first kappa shape index (κ1) is 29.6. The molecule has 200 valence electrons. The molecule has 2 N–H and O–H groups in total. The number of carbonyl (C=O) groups excluding carboxylic acids is 2. The van der Waals surface area contributed by atoms with Gasteiger partial charge in [0, 0.05) is 56.5 Å². The third-order valence-corrected chi connectivity index (χ3v) is 7.63.